The van der Waals surface area contributed by atoms with Gasteiger partial charge in [-0.25, -0.2) is 0 Å². The molecule has 1 amide bonds. The third-order valence-electron chi connectivity index (χ3n) is 4.76. The van der Waals surface area contributed by atoms with Crippen molar-refractivity contribution < 1.29 is 4.79 Å². The number of amides is 1. The normalized spacial score (nSPS) is 13.9. The number of guanidine groups is 1. The molecule has 26 heavy (non-hydrogen) atoms. The van der Waals surface area contributed by atoms with Gasteiger partial charge in [-0.15, -0.1) is 0 Å². The van der Waals surface area contributed by atoms with E-state index in [1.807, 2.05) is 31.3 Å². The van der Waals surface area contributed by atoms with Crippen molar-refractivity contribution in [2.75, 3.05) is 27.2 Å². The number of hydrogen-bond acceptors (Lipinski definition) is 2. The first-order valence-corrected chi connectivity index (χ1v) is 9.04. The fourth-order valence-electron chi connectivity index (χ4n) is 3.34. The summed E-state index contributed by atoms with van der Waals surface area (Å²) in [5, 5.41) is 6.12. The maximum absolute atomic E-state index is 11.7. The van der Waals surface area contributed by atoms with Crippen molar-refractivity contribution in [1.29, 1.82) is 0 Å². The van der Waals surface area contributed by atoms with Gasteiger partial charge < -0.3 is 15.5 Å². The molecule has 136 valence electrons. The number of aliphatic imine (C=N–C) groups is 1. The Hall–Kier alpha value is -2.82. The summed E-state index contributed by atoms with van der Waals surface area (Å²) < 4.78 is 0. The zero-order chi connectivity index (χ0) is 18.4. The van der Waals surface area contributed by atoms with E-state index in [1.165, 1.54) is 11.1 Å². The van der Waals surface area contributed by atoms with Crippen LogP contribution in [0.15, 0.2) is 53.5 Å². The van der Waals surface area contributed by atoms with E-state index >= 15 is 0 Å². The van der Waals surface area contributed by atoms with Gasteiger partial charge in [-0.1, -0.05) is 36.4 Å². The van der Waals surface area contributed by atoms with E-state index in [4.69, 9.17) is 0 Å². The number of carbonyl (C=O) groups is 1. The minimum absolute atomic E-state index is 0.0531. The first kappa shape index (κ1) is 18.0. The average molecular weight is 350 g/mol. The molecule has 5 heteroatoms. The van der Waals surface area contributed by atoms with Crippen molar-refractivity contribution in [3.8, 4) is 0 Å². The molecule has 0 spiro atoms. The van der Waals surface area contributed by atoms with E-state index in [1.54, 1.807) is 7.05 Å². The fourth-order valence-corrected chi connectivity index (χ4v) is 3.34. The molecule has 0 aromatic heterocycles. The minimum Gasteiger partial charge on any atom is -0.356 e. The lowest BCUT2D eigenvalue weighted by molar-refractivity contribution is 0.0963. The van der Waals surface area contributed by atoms with Gasteiger partial charge in [0.1, 0.15) is 0 Å². The third-order valence-corrected chi connectivity index (χ3v) is 4.76. The summed E-state index contributed by atoms with van der Waals surface area (Å²) in [7, 11) is 3.48. The number of nitrogens with one attached hydrogen (secondary N) is 2. The van der Waals surface area contributed by atoms with Crippen LogP contribution in [-0.2, 0) is 19.4 Å². The highest BCUT2D eigenvalue weighted by molar-refractivity contribution is 5.94. The maximum Gasteiger partial charge on any atom is 0.251 e. The highest BCUT2D eigenvalue weighted by Gasteiger charge is 2.18. The van der Waals surface area contributed by atoms with Crippen LogP contribution in [0.2, 0.25) is 0 Å². The zero-order valence-corrected chi connectivity index (χ0v) is 15.5. The SMILES string of the molecule is CN=C(NCCc1cccc(C(=O)NC)c1)N1CCc2ccccc2C1. The first-order valence-electron chi connectivity index (χ1n) is 9.04. The van der Waals surface area contributed by atoms with Crippen molar-refractivity contribution in [2.45, 2.75) is 19.4 Å². The molecule has 3 rings (SSSR count). The first-order chi connectivity index (χ1) is 12.7. The lowest BCUT2D eigenvalue weighted by Gasteiger charge is -2.31. The lowest BCUT2D eigenvalue weighted by atomic mass is 10.0. The van der Waals surface area contributed by atoms with Crippen LogP contribution in [0.25, 0.3) is 0 Å². The number of fused-ring (bicyclic) bond motifs is 1. The number of nitrogens with zero attached hydrogens (tertiary/aromatic N) is 2. The second-order valence-electron chi connectivity index (χ2n) is 6.44. The minimum atomic E-state index is -0.0531. The largest absolute Gasteiger partial charge is 0.356 e. The zero-order valence-electron chi connectivity index (χ0n) is 15.5. The van der Waals surface area contributed by atoms with E-state index in [0.29, 0.717) is 5.56 Å². The molecular weight excluding hydrogens is 324 g/mol. The third kappa shape index (κ3) is 4.23. The van der Waals surface area contributed by atoms with E-state index in [9.17, 15) is 4.79 Å². The van der Waals surface area contributed by atoms with Crippen LogP contribution < -0.4 is 10.6 Å². The van der Waals surface area contributed by atoms with E-state index in [2.05, 4.69) is 44.8 Å². The predicted octanol–water partition coefficient (Wildman–Crippen LogP) is 2.22. The number of hydrogen-bond donors (Lipinski definition) is 2. The molecule has 0 unspecified atom stereocenters. The molecule has 0 aliphatic carbocycles. The van der Waals surface area contributed by atoms with Gasteiger partial charge in [0.2, 0.25) is 0 Å². The van der Waals surface area contributed by atoms with Gasteiger partial charge in [0.25, 0.3) is 5.91 Å². The number of carbonyl (C=O) groups excluding carboxylic acids is 1. The molecule has 0 saturated carbocycles. The second-order valence-corrected chi connectivity index (χ2v) is 6.44. The van der Waals surface area contributed by atoms with Crippen LogP contribution >= 0.6 is 0 Å². The number of benzene rings is 2. The quantitative estimate of drug-likeness (QED) is 0.657. The molecule has 0 radical (unpaired) electrons. The summed E-state index contributed by atoms with van der Waals surface area (Å²) in [5.74, 6) is 0.879. The van der Waals surface area contributed by atoms with Crippen molar-refractivity contribution in [3.05, 3.63) is 70.8 Å². The maximum atomic E-state index is 11.7. The van der Waals surface area contributed by atoms with E-state index in [0.717, 1.165) is 44.0 Å². The molecule has 2 N–H and O–H groups in total. The Bertz CT molecular complexity index is 800. The Morgan fingerprint density at radius 3 is 2.73 bits per heavy atom. The molecule has 2 aromatic rings. The lowest BCUT2D eigenvalue weighted by Crippen LogP contribution is -2.44. The van der Waals surface area contributed by atoms with Crippen molar-refractivity contribution >= 4 is 11.9 Å². The van der Waals surface area contributed by atoms with Crippen LogP contribution in [0.4, 0.5) is 0 Å². The highest BCUT2D eigenvalue weighted by atomic mass is 16.1. The molecule has 2 aromatic carbocycles. The van der Waals surface area contributed by atoms with Gasteiger partial charge in [0.05, 0.1) is 0 Å². The van der Waals surface area contributed by atoms with Crippen LogP contribution in [-0.4, -0.2) is 44.0 Å². The highest BCUT2D eigenvalue weighted by Crippen LogP contribution is 2.18. The molecule has 0 atom stereocenters. The van der Waals surface area contributed by atoms with E-state index < -0.39 is 0 Å². The van der Waals surface area contributed by atoms with Gasteiger partial charge >= 0.3 is 0 Å². The average Bonchev–Trinajstić information content (AvgIpc) is 2.70. The van der Waals surface area contributed by atoms with Crippen LogP contribution in [0.3, 0.4) is 0 Å². The summed E-state index contributed by atoms with van der Waals surface area (Å²) >= 11 is 0. The van der Waals surface area contributed by atoms with Gasteiger partial charge in [-0.2, -0.15) is 0 Å². The summed E-state index contributed by atoms with van der Waals surface area (Å²) in [4.78, 5) is 18.5. The molecule has 1 heterocycles. The van der Waals surface area contributed by atoms with Crippen LogP contribution in [0.1, 0.15) is 27.0 Å². The van der Waals surface area contributed by atoms with Gasteiger partial charge in [-0.05, 0) is 41.7 Å². The molecule has 0 saturated heterocycles. The Morgan fingerprint density at radius 1 is 1.15 bits per heavy atom. The molecular formula is C21H26N4O. The van der Waals surface area contributed by atoms with Crippen LogP contribution in [0.5, 0.6) is 0 Å². The Balaban J connectivity index is 1.56. The van der Waals surface area contributed by atoms with Gasteiger partial charge in [0.15, 0.2) is 5.96 Å². The smallest absolute Gasteiger partial charge is 0.251 e. The van der Waals surface area contributed by atoms with E-state index in [-0.39, 0.29) is 5.91 Å². The van der Waals surface area contributed by atoms with Crippen molar-refractivity contribution in [3.63, 3.8) is 0 Å². The second kappa shape index (κ2) is 8.52. The van der Waals surface area contributed by atoms with Gasteiger partial charge in [0, 0.05) is 39.3 Å². The Labute approximate surface area is 155 Å². The summed E-state index contributed by atoms with van der Waals surface area (Å²) in [6, 6.07) is 16.4. The standard InChI is InChI=1S/C21H26N4O/c1-22-20(26)18-9-5-6-16(14-18)10-12-24-21(23-2)25-13-11-17-7-3-4-8-19(17)15-25/h3-9,14H,10-13,15H2,1-2H3,(H,22,26)(H,23,24). The molecule has 5 nitrogen and oxygen atoms in total. The van der Waals surface area contributed by atoms with Crippen LogP contribution in [0, 0.1) is 0 Å². The predicted molar refractivity (Wildman–Crippen MR) is 105 cm³/mol. The molecule has 0 bridgehead atoms. The topological polar surface area (TPSA) is 56.7 Å². The summed E-state index contributed by atoms with van der Waals surface area (Å²) in [6.45, 7) is 2.65. The Kier molecular flexibility index (Phi) is 5.89. The van der Waals surface area contributed by atoms with Crippen molar-refractivity contribution in [1.82, 2.24) is 15.5 Å². The number of rotatable bonds is 4. The monoisotopic (exact) mass is 350 g/mol. The molecule has 1 aliphatic heterocycles. The van der Waals surface area contributed by atoms with Gasteiger partial charge in [-0.3, -0.25) is 9.79 Å². The molecule has 1 aliphatic rings. The fraction of sp³-hybridized carbons (Fsp3) is 0.333. The molecule has 0 fully saturated rings. The van der Waals surface area contributed by atoms with Crippen molar-refractivity contribution in [2.24, 2.45) is 4.99 Å². The summed E-state index contributed by atoms with van der Waals surface area (Å²) in [5.41, 5.74) is 4.64. The Morgan fingerprint density at radius 2 is 1.96 bits per heavy atom. The summed E-state index contributed by atoms with van der Waals surface area (Å²) in [6.07, 6.45) is 1.89.